The summed E-state index contributed by atoms with van der Waals surface area (Å²) >= 11 is 1.39. The Kier molecular flexibility index (Phi) is 4.57. The monoisotopic (exact) mass is 339 g/mol. The van der Waals surface area contributed by atoms with Crippen LogP contribution in [-0.4, -0.2) is 16.8 Å². The molecule has 3 rings (SSSR count). The van der Waals surface area contributed by atoms with Gasteiger partial charge in [-0.05, 0) is 37.3 Å². The SMILES string of the molecule is CCC(=O)Nc1nc2ccc(NC(=O)c3ccc(C)cc3)cc2s1. The molecule has 0 atom stereocenters. The lowest BCUT2D eigenvalue weighted by atomic mass is 10.1. The summed E-state index contributed by atoms with van der Waals surface area (Å²) in [6.07, 6.45) is 0.410. The maximum Gasteiger partial charge on any atom is 0.255 e. The van der Waals surface area contributed by atoms with Crippen molar-refractivity contribution in [2.45, 2.75) is 20.3 Å². The van der Waals surface area contributed by atoms with Gasteiger partial charge >= 0.3 is 0 Å². The van der Waals surface area contributed by atoms with Gasteiger partial charge in [0, 0.05) is 17.7 Å². The van der Waals surface area contributed by atoms with E-state index in [2.05, 4.69) is 15.6 Å². The van der Waals surface area contributed by atoms with E-state index in [-0.39, 0.29) is 11.8 Å². The largest absolute Gasteiger partial charge is 0.322 e. The van der Waals surface area contributed by atoms with Gasteiger partial charge in [0.2, 0.25) is 5.91 Å². The van der Waals surface area contributed by atoms with Gasteiger partial charge in [-0.2, -0.15) is 0 Å². The van der Waals surface area contributed by atoms with E-state index >= 15 is 0 Å². The van der Waals surface area contributed by atoms with Gasteiger partial charge in [0.25, 0.3) is 5.91 Å². The van der Waals surface area contributed by atoms with Gasteiger partial charge < -0.3 is 10.6 Å². The van der Waals surface area contributed by atoms with E-state index in [4.69, 9.17) is 0 Å². The third kappa shape index (κ3) is 3.60. The summed E-state index contributed by atoms with van der Waals surface area (Å²) in [6.45, 7) is 3.77. The molecule has 1 aromatic heterocycles. The maximum absolute atomic E-state index is 12.3. The van der Waals surface area contributed by atoms with Crippen LogP contribution in [-0.2, 0) is 4.79 Å². The van der Waals surface area contributed by atoms with Crippen LogP contribution in [0.25, 0.3) is 10.2 Å². The van der Waals surface area contributed by atoms with Crippen LogP contribution < -0.4 is 10.6 Å². The predicted octanol–water partition coefficient (Wildman–Crippen LogP) is 4.21. The summed E-state index contributed by atoms with van der Waals surface area (Å²) < 4.78 is 0.906. The second-order valence-corrected chi connectivity index (χ2v) is 6.45. The van der Waals surface area contributed by atoms with Crippen LogP contribution >= 0.6 is 11.3 Å². The Morgan fingerprint density at radius 2 is 1.83 bits per heavy atom. The maximum atomic E-state index is 12.3. The lowest BCUT2D eigenvalue weighted by Gasteiger charge is -2.05. The molecule has 0 saturated carbocycles. The molecule has 0 radical (unpaired) electrons. The Bertz CT molecular complexity index is 900. The zero-order chi connectivity index (χ0) is 17.1. The molecule has 0 aliphatic heterocycles. The third-order valence-electron chi connectivity index (χ3n) is 3.53. The van der Waals surface area contributed by atoms with Crippen LogP contribution in [0.15, 0.2) is 42.5 Å². The zero-order valence-electron chi connectivity index (χ0n) is 13.4. The molecule has 6 heteroatoms. The molecule has 2 N–H and O–H groups in total. The van der Waals surface area contributed by atoms with Crippen LogP contribution in [0.1, 0.15) is 29.3 Å². The van der Waals surface area contributed by atoms with Crippen molar-refractivity contribution in [2.24, 2.45) is 0 Å². The molecule has 0 saturated heterocycles. The van der Waals surface area contributed by atoms with Crippen LogP contribution in [0.3, 0.4) is 0 Å². The fourth-order valence-electron chi connectivity index (χ4n) is 2.17. The molecule has 1 heterocycles. The highest BCUT2D eigenvalue weighted by atomic mass is 32.1. The van der Waals surface area contributed by atoms with Crippen molar-refractivity contribution in [3.05, 3.63) is 53.6 Å². The summed E-state index contributed by atoms with van der Waals surface area (Å²) in [5, 5.41) is 6.21. The van der Waals surface area contributed by atoms with Gasteiger partial charge in [0.15, 0.2) is 5.13 Å². The summed E-state index contributed by atoms with van der Waals surface area (Å²) in [7, 11) is 0. The van der Waals surface area contributed by atoms with Gasteiger partial charge in [-0.3, -0.25) is 9.59 Å². The van der Waals surface area contributed by atoms with Crippen molar-refractivity contribution in [2.75, 3.05) is 10.6 Å². The standard InChI is InChI=1S/C18H17N3O2S/c1-3-16(22)21-18-20-14-9-8-13(10-15(14)24-18)19-17(23)12-6-4-11(2)5-7-12/h4-10H,3H2,1-2H3,(H,19,23)(H,20,21,22). The molecule has 24 heavy (non-hydrogen) atoms. The van der Waals surface area contributed by atoms with E-state index in [0.717, 1.165) is 15.8 Å². The van der Waals surface area contributed by atoms with E-state index in [0.29, 0.717) is 22.8 Å². The number of benzene rings is 2. The fourth-order valence-corrected chi connectivity index (χ4v) is 3.09. The molecule has 0 aliphatic carbocycles. The molecule has 0 unspecified atom stereocenters. The molecule has 122 valence electrons. The Labute approximate surface area is 143 Å². The normalized spacial score (nSPS) is 10.6. The Morgan fingerprint density at radius 3 is 2.54 bits per heavy atom. The molecule has 5 nitrogen and oxygen atoms in total. The second-order valence-electron chi connectivity index (χ2n) is 5.42. The molecule has 2 aromatic carbocycles. The lowest BCUT2D eigenvalue weighted by Crippen LogP contribution is -2.11. The van der Waals surface area contributed by atoms with E-state index in [9.17, 15) is 9.59 Å². The van der Waals surface area contributed by atoms with E-state index in [1.807, 2.05) is 31.2 Å². The number of aromatic nitrogens is 1. The van der Waals surface area contributed by atoms with Crippen molar-refractivity contribution >= 4 is 44.2 Å². The molecule has 2 amide bonds. The number of rotatable bonds is 4. The zero-order valence-corrected chi connectivity index (χ0v) is 14.2. The molecule has 0 aliphatic rings. The smallest absolute Gasteiger partial charge is 0.255 e. The van der Waals surface area contributed by atoms with Gasteiger partial charge in [-0.1, -0.05) is 36.0 Å². The number of hydrogen-bond acceptors (Lipinski definition) is 4. The topological polar surface area (TPSA) is 71.1 Å². The number of fused-ring (bicyclic) bond motifs is 1. The number of aryl methyl sites for hydroxylation is 1. The first-order chi connectivity index (χ1) is 11.5. The number of thiazole rings is 1. The fraction of sp³-hybridized carbons (Fsp3) is 0.167. The van der Waals surface area contributed by atoms with E-state index in [1.165, 1.54) is 11.3 Å². The van der Waals surface area contributed by atoms with E-state index < -0.39 is 0 Å². The average molecular weight is 339 g/mol. The number of hydrogen-bond donors (Lipinski definition) is 2. The minimum absolute atomic E-state index is 0.0676. The first kappa shape index (κ1) is 16.1. The minimum atomic E-state index is -0.154. The predicted molar refractivity (Wildman–Crippen MR) is 97.7 cm³/mol. The molecule has 3 aromatic rings. The Morgan fingerprint density at radius 1 is 1.08 bits per heavy atom. The summed E-state index contributed by atoms with van der Waals surface area (Å²) in [6, 6.07) is 12.9. The first-order valence-corrected chi connectivity index (χ1v) is 8.45. The van der Waals surface area contributed by atoms with Gasteiger partial charge in [0.05, 0.1) is 10.2 Å². The van der Waals surface area contributed by atoms with E-state index in [1.54, 1.807) is 25.1 Å². The molecular formula is C18H17N3O2S. The number of nitrogens with zero attached hydrogens (tertiary/aromatic N) is 1. The van der Waals surface area contributed by atoms with Crippen LogP contribution in [0.2, 0.25) is 0 Å². The van der Waals surface area contributed by atoms with Crippen LogP contribution in [0.4, 0.5) is 10.8 Å². The van der Waals surface area contributed by atoms with Gasteiger partial charge in [0.1, 0.15) is 0 Å². The van der Waals surface area contributed by atoms with Crippen molar-refractivity contribution in [1.29, 1.82) is 0 Å². The highest BCUT2D eigenvalue weighted by Gasteiger charge is 2.09. The summed E-state index contributed by atoms with van der Waals surface area (Å²) in [5.41, 5.74) is 3.21. The summed E-state index contributed by atoms with van der Waals surface area (Å²) in [5.74, 6) is -0.222. The van der Waals surface area contributed by atoms with Crippen LogP contribution in [0.5, 0.6) is 0 Å². The van der Waals surface area contributed by atoms with Crippen LogP contribution in [0, 0.1) is 6.92 Å². The van der Waals surface area contributed by atoms with Crippen molar-refractivity contribution in [1.82, 2.24) is 4.98 Å². The van der Waals surface area contributed by atoms with Gasteiger partial charge in [-0.25, -0.2) is 4.98 Å². The highest BCUT2D eigenvalue weighted by molar-refractivity contribution is 7.22. The molecule has 0 fully saturated rings. The summed E-state index contributed by atoms with van der Waals surface area (Å²) in [4.78, 5) is 28.1. The average Bonchev–Trinajstić information content (AvgIpc) is 2.96. The lowest BCUT2D eigenvalue weighted by molar-refractivity contribution is -0.115. The highest BCUT2D eigenvalue weighted by Crippen LogP contribution is 2.28. The van der Waals surface area contributed by atoms with Crippen molar-refractivity contribution < 1.29 is 9.59 Å². The Balaban J connectivity index is 1.78. The second kappa shape index (κ2) is 6.80. The molecule has 0 bridgehead atoms. The number of carbonyl (C=O) groups excluding carboxylic acids is 2. The molecular weight excluding hydrogens is 322 g/mol. The van der Waals surface area contributed by atoms with Gasteiger partial charge in [-0.15, -0.1) is 0 Å². The third-order valence-corrected chi connectivity index (χ3v) is 4.46. The number of anilines is 2. The van der Waals surface area contributed by atoms with Crippen molar-refractivity contribution in [3.8, 4) is 0 Å². The minimum Gasteiger partial charge on any atom is -0.322 e. The number of nitrogens with one attached hydrogen (secondary N) is 2. The molecule has 0 spiro atoms. The number of carbonyl (C=O) groups is 2. The quantitative estimate of drug-likeness (QED) is 0.748. The number of amides is 2. The Hall–Kier alpha value is -2.73. The first-order valence-electron chi connectivity index (χ1n) is 7.63. The van der Waals surface area contributed by atoms with Crippen molar-refractivity contribution in [3.63, 3.8) is 0 Å².